The molecule has 4 nitrogen and oxygen atoms in total. The van der Waals surface area contributed by atoms with Crippen LogP contribution < -0.4 is 0 Å². The maximum absolute atomic E-state index is 6.20. The lowest BCUT2D eigenvalue weighted by atomic mass is 10.1. The summed E-state index contributed by atoms with van der Waals surface area (Å²) in [6.45, 7) is 8.36. The molecule has 0 aromatic carbocycles. The van der Waals surface area contributed by atoms with Crippen molar-refractivity contribution in [1.82, 2.24) is 19.7 Å². The Bertz CT molecular complexity index is 589. The first kappa shape index (κ1) is 14.0. The van der Waals surface area contributed by atoms with Gasteiger partial charge in [-0.1, -0.05) is 31.9 Å². The topological polar surface area (TPSA) is 43.6 Å². The Kier molecular flexibility index (Phi) is 4.20. The van der Waals surface area contributed by atoms with Gasteiger partial charge in [0.2, 0.25) is 0 Å². The van der Waals surface area contributed by atoms with E-state index in [0.29, 0.717) is 5.15 Å². The van der Waals surface area contributed by atoms with Gasteiger partial charge in [-0.2, -0.15) is 5.10 Å². The second-order valence-electron chi connectivity index (χ2n) is 4.63. The highest BCUT2D eigenvalue weighted by atomic mass is 35.5. The van der Waals surface area contributed by atoms with Gasteiger partial charge in [-0.05, 0) is 32.3 Å². The van der Waals surface area contributed by atoms with Gasteiger partial charge in [-0.25, -0.2) is 14.6 Å². The molecular weight excluding hydrogens is 260 g/mol. The number of halogens is 1. The summed E-state index contributed by atoms with van der Waals surface area (Å²) in [5, 5.41) is 5.13. The summed E-state index contributed by atoms with van der Waals surface area (Å²) in [5.74, 6) is 0.808. The first-order valence-electron chi connectivity index (χ1n) is 6.64. The fourth-order valence-electron chi connectivity index (χ4n) is 2.42. The van der Waals surface area contributed by atoms with Gasteiger partial charge in [0.15, 0.2) is 5.82 Å². The zero-order valence-corrected chi connectivity index (χ0v) is 12.6. The van der Waals surface area contributed by atoms with Gasteiger partial charge in [-0.15, -0.1) is 0 Å². The quantitative estimate of drug-likeness (QED) is 0.805. The van der Waals surface area contributed by atoms with E-state index in [1.807, 2.05) is 11.6 Å². The molecular formula is C14H19ClN4. The van der Waals surface area contributed by atoms with Crippen LogP contribution in [0.25, 0.3) is 5.82 Å². The lowest BCUT2D eigenvalue weighted by Crippen LogP contribution is -2.08. The van der Waals surface area contributed by atoms with Crippen molar-refractivity contribution in [3.05, 3.63) is 34.0 Å². The molecule has 0 unspecified atom stereocenters. The molecule has 0 amide bonds. The second kappa shape index (κ2) is 5.70. The molecule has 2 heterocycles. The predicted molar refractivity (Wildman–Crippen MR) is 77.0 cm³/mol. The molecule has 2 aromatic heterocycles. The first-order chi connectivity index (χ1) is 9.10. The maximum Gasteiger partial charge on any atom is 0.161 e. The molecule has 2 rings (SSSR count). The van der Waals surface area contributed by atoms with E-state index in [1.54, 1.807) is 0 Å². The van der Waals surface area contributed by atoms with Crippen LogP contribution >= 0.6 is 11.6 Å². The lowest BCUT2D eigenvalue weighted by Gasteiger charge is -2.10. The molecule has 0 fully saturated rings. The largest absolute Gasteiger partial charge is 0.224 e. The zero-order chi connectivity index (χ0) is 14.0. The molecule has 0 radical (unpaired) electrons. The Balaban J connectivity index is 2.62. The Morgan fingerprint density at radius 3 is 2.47 bits per heavy atom. The van der Waals surface area contributed by atoms with Gasteiger partial charge >= 0.3 is 0 Å². The highest BCUT2D eigenvalue weighted by Crippen LogP contribution is 2.24. The minimum Gasteiger partial charge on any atom is -0.224 e. The first-order valence-corrected chi connectivity index (χ1v) is 7.02. The molecule has 0 aliphatic rings. The maximum atomic E-state index is 6.20. The monoisotopic (exact) mass is 278 g/mol. The molecule has 0 N–H and O–H groups in total. The molecule has 0 saturated heterocycles. The Labute approximate surface area is 118 Å². The minimum absolute atomic E-state index is 0.525. The molecule has 0 aliphatic carbocycles. The number of rotatable bonds is 4. The lowest BCUT2D eigenvalue weighted by molar-refractivity contribution is 0.771. The fourth-order valence-corrected chi connectivity index (χ4v) is 2.65. The van der Waals surface area contributed by atoms with Crippen molar-refractivity contribution in [2.75, 3.05) is 0 Å². The molecule has 19 heavy (non-hydrogen) atoms. The van der Waals surface area contributed by atoms with E-state index < -0.39 is 0 Å². The van der Waals surface area contributed by atoms with Crippen molar-refractivity contribution in [2.24, 2.45) is 0 Å². The van der Waals surface area contributed by atoms with E-state index in [-0.39, 0.29) is 0 Å². The van der Waals surface area contributed by atoms with Crippen LogP contribution in [-0.2, 0) is 12.8 Å². The normalized spacial score (nSPS) is 11.0. The fraction of sp³-hybridized carbons (Fsp3) is 0.500. The Hall–Kier alpha value is -1.42. The van der Waals surface area contributed by atoms with E-state index in [9.17, 15) is 0 Å². The van der Waals surface area contributed by atoms with Gasteiger partial charge in [0.1, 0.15) is 11.5 Å². The number of aryl methyl sites for hydroxylation is 1. The van der Waals surface area contributed by atoms with Gasteiger partial charge in [0, 0.05) is 11.3 Å². The molecule has 0 spiro atoms. The standard InChI is InChI=1S/C14H19ClN4/c1-5-7-12-13(15)16-8-17-14(12)19-10(4)11(6-2)9(3)18-19/h8H,5-7H2,1-4H3. The van der Waals surface area contributed by atoms with E-state index in [2.05, 4.69) is 35.8 Å². The third kappa shape index (κ3) is 2.50. The van der Waals surface area contributed by atoms with Crippen LogP contribution in [0, 0.1) is 13.8 Å². The summed E-state index contributed by atoms with van der Waals surface area (Å²) in [5.41, 5.74) is 4.43. The summed E-state index contributed by atoms with van der Waals surface area (Å²) in [6.07, 6.45) is 4.33. The minimum atomic E-state index is 0.525. The summed E-state index contributed by atoms with van der Waals surface area (Å²) in [6, 6.07) is 0. The number of hydrogen-bond donors (Lipinski definition) is 0. The van der Waals surface area contributed by atoms with Gasteiger partial charge in [-0.3, -0.25) is 0 Å². The Morgan fingerprint density at radius 2 is 1.89 bits per heavy atom. The van der Waals surface area contributed by atoms with Crippen LogP contribution in [0.1, 0.15) is 42.8 Å². The van der Waals surface area contributed by atoms with E-state index in [4.69, 9.17) is 11.6 Å². The molecule has 0 aliphatic heterocycles. The molecule has 0 atom stereocenters. The van der Waals surface area contributed by atoms with Crippen molar-refractivity contribution in [3.63, 3.8) is 0 Å². The zero-order valence-electron chi connectivity index (χ0n) is 11.9. The number of aromatic nitrogens is 4. The van der Waals surface area contributed by atoms with E-state index >= 15 is 0 Å². The third-order valence-electron chi connectivity index (χ3n) is 3.37. The van der Waals surface area contributed by atoms with Crippen molar-refractivity contribution in [2.45, 2.75) is 47.0 Å². The van der Waals surface area contributed by atoms with E-state index in [1.165, 1.54) is 11.9 Å². The van der Waals surface area contributed by atoms with Gasteiger partial charge in [0.25, 0.3) is 0 Å². The van der Waals surface area contributed by atoms with Gasteiger partial charge in [0.05, 0.1) is 5.69 Å². The second-order valence-corrected chi connectivity index (χ2v) is 4.99. The molecule has 102 valence electrons. The molecule has 5 heteroatoms. The van der Waals surface area contributed by atoms with Crippen LogP contribution in [0.4, 0.5) is 0 Å². The summed E-state index contributed by atoms with van der Waals surface area (Å²) < 4.78 is 1.90. The molecule has 0 saturated carbocycles. The van der Waals surface area contributed by atoms with Crippen molar-refractivity contribution in [1.29, 1.82) is 0 Å². The van der Waals surface area contributed by atoms with Gasteiger partial charge < -0.3 is 0 Å². The Morgan fingerprint density at radius 1 is 1.16 bits per heavy atom. The summed E-state index contributed by atoms with van der Waals surface area (Å²) >= 11 is 6.20. The average molecular weight is 279 g/mol. The summed E-state index contributed by atoms with van der Waals surface area (Å²) in [7, 11) is 0. The third-order valence-corrected chi connectivity index (χ3v) is 3.69. The van der Waals surface area contributed by atoms with Crippen LogP contribution in [0.15, 0.2) is 6.33 Å². The van der Waals surface area contributed by atoms with Crippen LogP contribution in [0.5, 0.6) is 0 Å². The van der Waals surface area contributed by atoms with Crippen LogP contribution in [0.2, 0.25) is 5.15 Å². The highest BCUT2D eigenvalue weighted by Gasteiger charge is 2.16. The molecule has 2 aromatic rings. The van der Waals surface area contributed by atoms with Crippen LogP contribution in [-0.4, -0.2) is 19.7 Å². The highest BCUT2D eigenvalue weighted by molar-refractivity contribution is 6.30. The predicted octanol–water partition coefficient (Wildman–Crippen LogP) is 3.45. The summed E-state index contributed by atoms with van der Waals surface area (Å²) in [4.78, 5) is 8.46. The van der Waals surface area contributed by atoms with Crippen molar-refractivity contribution in [3.8, 4) is 5.82 Å². The van der Waals surface area contributed by atoms with Crippen molar-refractivity contribution < 1.29 is 0 Å². The average Bonchev–Trinajstić information content (AvgIpc) is 2.67. The van der Waals surface area contributed by atoms with Crippen LogP contribution in [0.3, 0.4) is 0 Å². The van der Waals surface area contributed by atoms with Crippen molar-refractivity contribution >= 4 is 11.6 Å². The smallest absolute Gasteiger partial charge is 0.161 e. The molecule has 0 bridgehead atoms. The van der Waals surface area contributed by atoms with E-state index in [0.717, 1.165) is 42.0 Å². The number of hydrogen-bond acceptors (Lipinski definition) is 3. The SMILES string of the molecule is CCCc1c(Cl)ncnc1-n1nc(C)c(CC)c1C. The number of nitrogens with zero attached hydrogens (tertiary/aromatic N) is 4.